The van der Waals surface area contributed by atoms with Gasteiger partial charge < -0.3 is 0 Å². The van der Waals surface area contributed by atoms with Crippen LogP contribution in [0.5, 0.6) is 0 Å². The van der Waals surface area contributed by atoms with Gasteiger partial charge in [0.1, 0.15) is 0 Å². The predicted octanol–water partition coefficient (Wildman–Crippen LogP) is 9.42. The minimum absolute atomic E-state index is 1.14. The largest absolute Gasteiger partial charge is 0.146 e. The van der Waals surface area contributed by atoms with Gasteiger partial charge in [0.15, 0.2) is 0 Å². The van der Waals surface area contributed by atoms with Crippen LogP contribution in [0.25, 0.3) is 0 Å². The molecule has 2 aliphatic carbocycles. The first-order valence-corrected chi connectivity index (χ1v) is 11.2. The van der Waals surface area contributed by atoms with Crippen molar-refractivity contribution >= 4 is 11.3 Å². The van der Waals surface area contributed by atoms with Crippen molar-refractivity contribution in [3.8, 4) is 0 Å². The fraction of sp³-hybridized carbons (Fsp3) is 0.333. The van der Waals surface area contributed by atoms with E-state index in [4.69, 9.17) is 0 Å². The minimum atomic E-state index is 1.14. The molecule has 1 aromatic heterocycles. The number of rotatable bonds is 0. The Kier molecular flexibility index (Phi) is 23.0. The summed E-state index contributed by atoms with van der Waals surface area (Å²) in [6.07, 6.45) is 19.0. The van der Waals surface area contributed by atoms with Crippen molar-refractivity contribution in [2.45, 2.75) is 61.3 Å². The summed E-state index contributed by atoms with van der Waals surface area (Å²) in [7, 11) is 0. The lowest BCUT2D eigenvalue weighted by molar-refractivity contribution is 1.45. The number of aryl methyl sites for hydroxylation is 3. The highest BCUT2D eigenvalue weighted by molar-refractivity contribution is 7.11. The molecule has 0 fully saturated rings. The monoisotopic (exact) mass is 396 g/mol. The van der Waals surface area contributed by atoms with Crippen LogP contribution in [0.1, 0.15) is 55.9 Å². The molecule has 2 aromatic rings. The van der Waals surface area contributed by atoms with E-state index in [-0.39, 0.29) is 0 Å². The maximum Gasteiger partial charge on any atom is 0.00170 e. The molecular weight excluding hydrogens is 356 g/mol. The van der Waals surface area contributed by atoms with Crippen LogP contribution in [-0.2, 0) is 0 Å². The molecule has 0 saturated carbocycles. The van der Waals surface area contributed by atoms with Crippen LogP contribution in [0.3, 0.4) is 0 Å². The quantitative estimate of drug-likeness (QED) is 0.416. The highest BCUT2D eigenvalue weighted by Crippen LogP contribution is 2.12. The molecule has 0 atom stereocenters. The Morgan fingerprint density at radius 1 is 0.536 bits per heavy atom. The van der Waals surface area contributed by atoms with E-state index in [0.717, 1.165) is 12.8 Å². The molecule has 2 aliphatic rings. The molecule has 0 radical (unpaired) electrons. The highest BCUT2D eigenvalue weighted by Gasteiger charge is 1.84. The Labute approximate surface area is 179 Å². The van der Waals surface area contributed by atoms with Gasteiger partial charge in [-0.15, -0.1) is 11.3 Å². The Morgan fingerprint density at radius 2 is 0.893 bits per heavy atom. The van der Waals surface area contributed by atoms with Crippen LogP contribution < -0.4 is 0 Å². The minimum Gasteiger partial charge on any atom is -0.146 e. The molecular formula is C27H40S. The lowest BCUT2D eigenvalue weighted by Gasteiger charge is -1.82. The van der Waals surface area contributed by atoms with Gasteiger partial charge in [0.05, 0.1) is 0 Å². The van der Waals surface area contributed by atoms with Crippen molar-refractivity contribution in [3.63, 3.8) is 0 Å². The molecule has 4 rings (SSSR count). The van der Waals surface area contributed by atoms with E-state index in [9.17, 15) is 0 Å². The van der Waals surface area contributed by atoms with Gasteiger partial charge in [0.25, 0.3) is 0 Å². The SMILES string of the molecule is C1=CCC=C1.C1=CCC=C1.CC.CC.Cc1ccc(C)s1.Cc1ccccc1. The summed E-state index contributed by atoms with van der Waals surface area (Å²) < 4.78 is 0. The van der Waals surface area contributed by atoms with E-state index in [1.165, 1.54) is 15.3 Å². The van der Waals surface area contributed by atoms with Crippen molar-refractivity contribution in [1.29, 1.82) is 0 Å². The number of hydrogen-bond donors (Lipinski definition) is 0. The lowest BCUT2D eigenvalue weighted by Crippen LogP contribution is -1.62. The van der Waals surface area contributed by atoms with Gasteiger partial charge >= 0.3 is 0 Å². The second kappa shape index (κ2) is 22.9. The lowest BCUT2D eigenvalue weighted by atomic mass is 10.2. The fourth-order valence-corrected chi connectivity index (χ4v) is 2.66. The van der Waals surface area contributed by atoms with E-state index in [0.29, 0.717) is 0 Å². The third-order valence-electron chi connectivity index (χ3n) is 3.13. The summed E-state index contributed by atoms with van der Waals surface area (Å²) in [5.41, 5.74) is 1.32. The smallest absolute Gasteiger partial charge is 0.00170 e. The van der Waals surface area contributed by atoms with E-state index in [1.54, 1.807) is 0 Å². The third kappa shape index (κ3) is 20.2. The zero-order valence-electron chi connectivity index (χ0n) is 19.0. The molecule has 0 nitrogen and oxygen atoms in total. The fourth-order valence-electron chi connectivity index (χ4n) is 1.88. The van der Waals surface area contributed by atoms with Gasteiger partial charge in [0, 0.05) is 9.75 Å². The summed E-state index contributed by atoms with van der Waals surface area (Å²) in [4.78, 5) is 2.80. The van der Waals surface area contributed by atoms with Gasteiger partial charge in [0.2, 0.25) is 0 Å². The van der Waals surface area contributed by atoms with E-state index >= 15 is 0 Å². The normalized spacial score (nSPS) is 11.2. The second-order valence-corrected chi connectivity index (χ2v) is 6.99. The summed E-state index contributed by atoms with van der Waals surface area (Å²) in [6.45, 7) is 14.3. The molecule has 0 N–H and O–H groups in total. The van der Waals surface area contributed by atoms with Gasteiger partial charge in [-0.25, -0.2) is 0 Å². The van der Waals surface area contributed by atoms with Crippen LogP contribution in [0.4, 0.5) is 0 Å². The molecule has 1 heteroatoms. The van der Waals surface area contributed by atoms with Crippen molar-refractivity contribution in [2.24, 2.45) is 0 Å². The topological polar surface area (TPSA) is 0 Å². The molecule has 0 aliphatic heterocycles. The maximum atomic E-state index is 2.14. The second-order valence-electron chi connectivity index (χ2n) is 5.50. The van der Waals surface area contributed by atoms with Crippen LogP contribution in [0, 0.1) is 20.8 Å². The Bertz CT molecular complexity index is 596. The molecule has 0 unspecified atom stereocenters. The average Bonchev–Trinajstić information content (AvgIpc) is 3.53. The van der Waals surface area contributed by atoms with Crippen molar-refractivity contribution in [3.05, 3.63) is 106 Å². The number of allylic oxidation sites excluding steroid dienone is 8. The van der Waals surface area contributed by atoms with E-state index in [1.807, 2.05) is 57.2 Å². The maximum absolute atomic E-state index is 2.14. The summed E-state index contributed by atoms with van der Waals surface area (Å²) in [5, 5.41) is 0. The number of benzene rings is 1. The van der Waals surface area contributed by atoms with Gasteiger partial charge in [-0.3, -0.25) is 0 Å². The summed E-state index contributed by atoms with van der Waals surface area (Å²) in [6, 6.07) is 14.5. The van der Waals surface area contributed by atoms with Crippen molar-refractivity contribution < 1.29 is 0 Å². The Hall–Kier alpha value is -2.12. The molecule has 154 valence electrons. The number of thiophene rings is 1. The van der Waals surface area contributed by atoms with Gasteiger partial charge in [-0.1, -0.05) is 112 Å². The highest BCUT2D eigenvalue weighted by atomic mass is 32.1. The molecule has 0 bridgehead atoms. The molecule has 1 aromatic carbocycles. The first kappa shape index (κ1) is 28.1. The Balaban J connectivity index is 0. The number of hydrogen-bond acceptors (Lipinski definition) is 1. The standard InChI is InChI=1S/C7H8.C6H8S.2C5H6.2C2H6/c1-7-5-3-2-4-6-7;1-5-3-4-6(2)7-5;2*1-2-4-5-3-1;2*1-2/h2-6H,1H3;3-4H,1-2H3;2*1-4H,5H2;2*1-2H3. The van der Waals surface area contributed by atoms with Crippen LogP contribution in [0.2, 0.25) is 0 Å². The molecule has 0 amide bonds. The van der Waals surface area contributed by atoms with E-state index < -0.39 is 0 Å². The molecule has 0 saturated heterocycles. The molecule has 1 heterocycles. The first-order valence-electron chi connectivity index (χ1n) is 10.4. The van der Waals surface area contributed by atoms with Gasteiger partial charge in [-0.05, 0) is 45.7 Å². The Morgan fingerprint density at radius 3 is 1.04 bits per heavy atom. The van der Waals surface area contributed by atoms with Crippen molar-refractivity contribution in [2.75, 3.05) is 0 Å². The average molecular weight is 397 g/mol. The van der Waals surface area contributed by atoms with Crippen molar-refractivity contribution in [1.82, 2.24) is 0 Å². The van der Waals surface area contributed by atoms with Gasteiger partial charge in [-0.2, -0.15) is 0 Å². The zero-order valence-corrected chi connectivity index (χ0v) is 19.8. The van der Waals surface area contributed by atoms with Crippen LogP contribution >= 0.6 is 11.3 Å². The zero-order chi connectivity index (χ0) is 21.5. The molecule has 28 heavy (non-hydrogen) atoms. The molecule has 0 spiro atoms. The van der Waals surface area contributed by atoms with E-state index in [2.05, 4.69) is 93.6 Å². The summed E-state index contributed by atoms with van der Waals surface area (Å²) in [5.74, 6) is 0. The predicted molar refractivity (Wildman–Crippen MR) is 133 cm³/mol. The van der Waals surface area contributed by atoms with Crippen LogP contribution in [0.15, 0.2) is 91.1 Å². The first-order chi connectivity index (χ1) is 13.7. The third-order valence-corrected chi connectivity index (χ3v) is 4.04. The van der Waals surface area contributed by atoms with Crippen LogP contribution in [-0.4, -0.2) is 0 Å². The summed E-state index contributed by atoms with van der Waals surface area (Å²) >= 11 is 1.84.